The van der Waals surface area contributed by atoms with E-state index >= 15 is 0 Å². The molecule has 3 nitrogen and oxygen atoms in total. The number of aliphatic hydroxyl groups is 1. The van der Waals surface area contributed by atoms with Gasteiger partial charge >= 0.3 is 0 Å². The average Bonchev–Trinajstić information content (AvgIpc) is 2.45. The highest BCUT2D eigenvalue weighted by Crippen LogP contribution is 2.25. The first-order chi connectivity index (χ1) is 10.4. The van der Waals surface area contributed by atoms with Crippen LogP contribution in [0.3, 0.4) is 0 Å². The fourth-order valence-corrected chi connectivity index (χ4v) is 3.47. The highest BCUT2D eigenvalue weighted by molar-refractivity contribution is 5.41. The van der Waals surface area contributed by atoms with Crippen LogP contribution in [0.5, 0.6) is 5.75 Å². The molecule has 22 heavy (non-hydrogen) atoms. The second-order valence-electron chi connectivity index (χ2n) is 7.00. The van der Waals surface area contributed by atoms with Gasteiger partial charge in [0.05, 0.1) is 0 Å². The molecule has 1 aromatic rings. The zero-order chi connectivity index (χ0) is 16.3. The van der Waals surface area contributed by atoms with Crippen molar-refractivity contribution >= 4 is 0 Å². The number of hydrogen-bond acceptors (Lipinski definition) is 3. The van der Waals surface area contributed by atoms with E-state index in [-0.39, 0.29) is 0 Å². The Bertz CT molecular complexity index is 490. The molecule has 124 valence electrons. The van der Waals surface area contributed by atoms with E-state index < -0.39 is 6.10 Å². The lowest BCUT2D eigenvalue weighted by Gasteiger charge is -2.40. The number of aryl methyl sites for hydroxylation is 2. The molecule has 3 atom stereocenters. The summed E-state index contributed by atoms with van der Waals surface area (Å²) in [6, 6.07) is 5.33. The lowest BCUT2D eigenvalue weighted by molar-refractivity contribution is 0.0207. The van der Waals surface area contributed by atoms with Crippen LogP contribution in [0, 0.1) is 20.8 Å². The summed E-state index contributed by atoms with van der Waals surface area (Å²) in [5, 5.41) is 10.4. The average molecular weight is 305 g/mol. The van der Waals surface area contributed by atoms with Crippen molar-refractivity contribution < 1.29 is 9.84 Å². The summed E-state index contributed by atoms with van der Waals surface area (Å²) >= 11 is 0. The van der Waals surface area contributed by atoms with Crippen LogP contribution in [0.2, 0.25) is 0 Å². The lowest BCUT2D eigenvalue weighted by atomic mass is 9.97. The monoisotopic (exact) mass is 305 g/mol. The summed E-state index contributed by atoms with van der Waals surface area (Å²) in [5.41, 5.74) is 3.60. The Morgan fingerprint density at radius 3 is 2.45 bits per heavy atom. The van der Waals surface area contributed by atoms with Gasteiger partial charge in [-0.05, 0) is 70.2 Å². The van der Waals surface area contributed by atoms with Crippen molar-refractivity contribution in [1.82, 2.24) is 4.90 Å². The molecule has 0 amide bonds. The van der Waals surface area contributed by atoms with Crippen molar-refractivity contribution in [2.75, 3.05) is 13.2 Å². The first kappa shape index (κ1) is 17.3. The van der Waals surface area contributed by atoms with Gasteiger partial charge in [0.1, 0.15) is 18.5 Å². The number of piperidine rings is 1. The molecule has 0 unspecified atom stereocenters. The highest BCUT2D eigenvalue weighted by atomic mass is 16.5. The molecule has 0 aliphatic carbocycles. The van der Waals surface area contributed by atoms with Gasteiger partial charge in [0, 0.05) is 18.6 Å². The van der Waals surface area contributed by atoms with Gasteiger partial charge in [-0.3, -0.25) is 4.90 Å². The van der Waals surface area contributed by atoms with Gasteiger partial charge in [-0.15, -0.1) is 0 Å². The third kappa shape index (κ3) is 4.23. The van der Waals surface area contributed by atoms with Crippen molar-refractivity contribution in [3.63, 3.8) is 0 Å². The van der Waals surface area contributed by atoms with E-state index in [4.69, 9.17) is 4.74 Å². The number of benzene rings is 1. The topological polar surface area (TPSA) is 32.7 Å². The predicted octanol–water partition coefficient (Wildman–Crippen LogP) is 3.61. The van der Waals surface area contributed by atoms with Gasteiger partial charge in [-0.1, -0.05) is 12.5 Å². The first-order valence-corrected chi connectivity index (χ1v) is 8.53. The zero-order valence-corrected chi connectivity index (χ0v) is 14.7. The van der Waals surface area contributed by atoms with Crippen LogP contribution in [-0.2, 0) is 0 Å². The quantitative estimate of drug-likeness (QED) is 0.902. The molecule has 3 heteroatoms. The third-order valence-corrected chi connectivity index (χ3v) is 4.99. The molecular formula is C19H31NO2. The number of nitrogens with zero attached hydrogens (tertiary/aromatic N) is 1. The minimum absolute atomic E-state index is 0.361. The van der Waals surface area contributed by atoms with Crippen LogP contribution in [-0.4, -0.2) is 41.3 Å². The van der Waals surface area contributed by atoms with Gasteiger partial charge in [-0.25, -0.2) is 0 Å². The van der Waals surface area contributed by atoms with E-state index in [0.717, 1.165) is 11.3 Å². The number of aliphatic hydroxyl groups excluding tert-OH is 1. The molecular weight excluding hydrogens is 274 g/mol. The van der Waals surface area contributed by atoms with Crippen LogP contribution in [0.15, 0.2) is 12.1 Å². The van der Waals surface area contributed by atoms with Crippen LogP contribution in [0.1, 0.15) is 49.8 Å². The van der Waals surface area contributed by atoms with E-state index in [1.807, 2.05) is 0 Å². The molecule has 1 aliphatic heterocycles. The molecule has 0 radical (unpaired) electrons. The molecule has 1 saturated heterocycles. The van der Waals surface area contributed by atoms with Crippen LogP contribution < -0.4 is 4.74 Å². The first-order valence-electron chi connectivity index (χ1n) is 8.53. The van der Waals surface area contributed by atoms with Gasteiger partial charge in [0.15, 0.2) is 0 Å². The molecule has 0 spiro atoms. The number of likely N-dealkylation sites (tertiary alicyclic amines) is 1. The summed E-state index contributed by atoms with van der Waals surface area (Å²) in [6.45, 7) is 11.8. The van der Waals surface area contributed by atoms with Crippen molar-refractivity contribution in [3.8, 4) is 5.75 Å². The predicted molar refractivity (Wildman–Crippen MR) is 91.6 cm³/mol. The van der Waals surface area contributed by atoms with Crippen LogP contribution in [0.4, 0.5) is 0 Å². The van der Waals surface area contributed by atoms with E-state index in [1.54, 1.807) is 0 Å². The smallest absolute Gasteiger partial charge is 0.122 e. The van der Waals surface area contributed by atoms with Crippen molar-refractivity contribution in [2.45, 2.75) is 72.1 Å². The molecule has 0 saturated carbocycles. The van der Waals surface area contributed by atoms with Gasteiger partial charge < -0.3 is 9.84 Å². The Balaban J connectivity index is 1.91. The Morgan fingerprint density at radius 2 is 1.82 bits per heavy atom. The van der Waals surface area contributed by atoms with Crippen molar-refractivity contribution in [2.24, 2.45) is 0 Å². The minimum atomic E-state index is -0.441. The number of β-amino-alcohol motifs (C(OH)–C–C–N with tert-alkyl or cyclic N) is 1. The summed E-state index contributed by atoms with van der Waals surface area (Å²) in [4.78, 5) is 2.42. The van der Waals surface area contributed by atoms with E-state index in [2.05, 4.69) is 51.7 Å². The normalized spacial score (nSPS) is 24.3. The Morgan fingerprint density at radius 1 is 1.18 bits per heavy atom. The Kier molecular flexibility index (Phi) is 5.87. The van der Waals surface area contributed by atoms with Gasteiger partial charge in [-0.2, -0.15) is 0 Å². The molecule has 0 bridgehead atoms. The van der Waals surface area contributed by atoms with Crippen LogP contribution in [0.25, 0.3) is 0 Å². The minimum Gasteiger partial charge on any atom is -0.491 e. The summed E-state index contributed by atoms with van der Waals surface area (Å²) in [7, 11) is 0. The Hall–Kier alpha value is -1.06. The molecule has 1 N–H and O–H groups in total. The van der Waals surface area contributed by atoms with Crippen molar-refractivity contribution in [1.29, 1.82) is 0 Å². The fourth-order valence-electron chi connectivity index (χ4n) is 3.47. The fraction of sp³-hybridized carbons (Fsp3) is 0.684. The summed E-state index contributed by atoms with van der Waals surface area (Å²) in [6.07, 6.45) is 3.32. The maximum Gasteiger partial charge on any atom is 0.122 e. The molecule has 2 rings (SSSR count). The standard InChI is InChI=1S/C19H31NO2/c1-13-9-14(2)17(5)19(10-13)22-12-18(21)11-20-15(3)7-6-8-16(20)4/h9-10,15-16,18,21H,6-8,11-12H2,1-5H3/t15-,16-,18+/m0/s1. The number of ether oxygens (including phenoxy) is 1. The number of rotatable bonds is 5. The zero-order valence-electron chi connectivity index (χ0n) is 14.7. The van der Waals surface area contributed by atoms with E-state index in [9.17, 15) is 5.11 Å². The maximum atomic E-state index is 10.4. The molecule has 1 aliphatic rings. The third-order valence-electron chi connectivity index (χ3n) is 4.99. The van der Waals surface area contributed by atoms with E-state index in [0.29, 0.717) is 25.2 Å². The van der Waals surface area contributed by atoms with E-state index in [1.165, 1.54) is 30.4 Å². The lowest BCUT2D eigenvalue weighted by Crippen LogP contribution is -2.48. The Labute approximate surface area is 135 Å². The summed E-state index contributed by atoms with van der Waals surface area (Å²) < 4.78 is 5.90. The second kappa shape index (κ2) is 7.47. The van der Waals surface area contributed by atoms with Crippen LogP contribution >= 0.6 is 0 Å². The number of hydrogen-bond donors (Lipinski definition) is 1. The molecule has 1 aromatic carbocycles. The largest absolute Gasteiger partial charge is 0.491 e. The summed E-state index contributed by atoms with van der Waals surface area (Å²) in [5.74, 6) is 0.899. The second-order valence-corrected chi connectivity index (χ2v) is 7.00. The van der Waals surface area contributed by atoms with Crippen molar-refractivity contribution in [3.05, 3.63) is 28.8 Å². The molecule has 1 heterocycles. The SMILES string of the molecule is Cc1cc(C)c(C)c(OC[C@H](O)CN2[C@@H](C)CCC[C@@H]2C)c1. The molecule has 1 fully saturated rings. The highest BCUT2D eigenvalue weighted by Gasteiger charge is 2.26. The molecule has 0 aromatic heterocycles. The van der Waals surface area contributed by atoms with Gasteiger partial charge in [0.25, 0.3) is 0 Å². The maximum absolute atomic E-state index is 10.4. The van der Waals surface area contributed by atoms with Gasteiger partial charge in [0.2, 0.25) is 0 Å².